The van der Waals surface area contributed by atoms with Crippen molar-refractivity contribution in [3.05, 3.63) is 41.6 Å². The third-order valence-electron chi connectivity index (χ3n) is 7.08. The van der Waals surface area contributed by atoms with Gasteiger partial charge in [-0.2, -0.15) is 0 Å². The summed E-state index contributed by atoms with van der Waals surface area (Å²) in [5.74, 6) is 2.69. The van der Waals surface area contributed by atoms with Crippen LogP contribution in [0.25, 0.3) is 0 Å². The molecule has 0 spiro atoms. The summed E-state index contributed by atoms with van der Waals surface area (Å²) in [6.45, 7) is 5.84. The van der Waals surface area contributed by atoms with E-state index in [0.717, 1.165) is 17.0 Å². The van der Waals surface area contributed by atoms with Crippen LogP contribution in [-0.2, 0) is 30.3 Å². The Hall–Kier alpha value is -3.45. The van der Waals surface area contributed by atoms with Gasteiger partial charge in [0.2, 0.25) is 12.7 Å². The van der Waals surface area contributed by atoms with E-state index < -0.39 is 0 Å². The average Bonchev–Trinajstić information content (AvgIpc) is 3.57. The topological polar surface area (TPSA) is 107 Å². The van der Waals surface area contributed by atoms with E-state index in [2.05, 4.69) is 9.89 Å². The molecule has 0 radical (unpaired) electrons. The molecule has 5 rings (SSSR count). The van der Waals surface area contributed by atoms with Crippen molar-refractivity contribution in [2.75, 3.05) is 73.8 Å². The number of hydrogen-bond acceptors (Lipinski definition) is 12. The van der Waals surface area contributed by atoms with Crippen LogP contribution in [0.5, 0.6) is 11.5 Å². The Kier molecular flexibility index (Phi) is 9.32. The molecule has 0 N–H and O–H groups in total. The van der Waals surface area contributed by atoms with Crippen molar-refractivity contribution in [2.45, 2.75) is 25.9 Å². The van der Waals surface area contributed by atoms with Crippen molar-refractivity contribution in [1.29, 1.82) is 0 Å². The molecule has 4 heterocycles. The van der Waals surface area contributed by atoms with E-state index in [1.165, 1.54) is 0 Å². The highest BCUT2D eigenvalue weighted by Crippen LogP contribution is 2.44. The van der Waals surface area contributed by atoms with E-state index in [1.54, 1.807) is 7.11 Å². The van der Waals surface area contributed by atoms with Crippen LogP contribution in [0.4, 0.5) is 5.69 Å². The second-order valence-corrected chi connectivity index (χ2v) is 9.81. The van der Waals surface area contributed by atoms with Gasteiger partial charge in [0.15, 0.2) is 17.3 Å². The number of benzene rings is 1. The zero-order valence-electron chi connectivity index (χ0n) is 23.3. The van der Waals surface area contributed by atoms with Crippen LogP contribution < -0.4 is 9.47 Å². The van der Waals surface area contributed by atoms with Gasteiger partial charge in [0, 0.05) is 43.6 Å². The van der Waals surface area contributed by atoms with Crippen LogP contribution in [0, 0.1) is 0 Å². The summed E-state index contributed by atoms with van der Waals surface area (Å²) in [6, 6.07) is 3.59. The first-order valence-corrected chi connectivity index (χ1v) is 13.5. The summed E-state index contributed by atoms with van der Waals surface area (Å²) in [4.78, 5) is 28.5. The highest BCUT2D eigenvalue weighted by atomic mass is 16.7. The molecule has 0 aliphatic carbocycles. The quantitative estimate of drug-likeness (QED) is 0.465. The van der Waals surface area contributed by atoms with Crippen molar-refractivity contribution < 1.29 is 33.2 Å². The van der Waals surface area contributed by atoms with E-state index in [1.807, 2.05) is 54.5 Å². The number of ether oxygens (including phenoxy) is 6. The molecule has 4 aliphatic rings. The number of hydrogen-bond donors (Lipinski definition) is 0. The van der Waals surface area contributed by atoms with Gasteiger partial charge in [0.1, 0.15) is 31.4 Å². The van der Waals surface area contributed by atoms with Crippen LogP contribution in [0.2, 0.25) is 0 Å². The number of ketones is 1. The Labute approximate surface area is 234 Å². The lowest BCUT2D eigenvalue weighted by Crippen LogP contribution is -2.39. The first kappa shape index (κ1) is 28.1. The zero-order valence-corrected chi connectivity index (χ0v) is 23.3. The van der Waals surface area contributed by atoms with Crippen LogP contribution in [-0.4, -0.2) is 112 Å². The third kappa shape index (κ3) is 6.47. The molecular formula is C28H37N5O7. The average molecular weight is 556 g/mol. The summed E-state index contributed by atoms with van der Waals surface area (Å²) < 4.78 is 34.1. The molecule has 0 saturated heterocycles. The number of carbonyl (C=O) groups is 1. The highest BCUT2D eigenvalue weighted by Gasteiger charge is 2.34. The van der Waals surface area contributed by atoms with Crippen molar-refractivity contribution in [3.63, 3.8) is 0 Å². The summed E-state index contributed by atoms with van der Waals surface area (Å²) in [6.07, 6.45) is 6.38. The molecule has 0 amide bonds. The molecule has 1 atom stereocenters. The van der Waals surface area contributed by atoms with Gasteiger partial charge in [0.05, 0.1) is 45.2 Å². The zero-order chi connectivity index (χ0) is 27.9. The van der Waals surface area contributed by atoms with E-state index in [-0.39, 0.29) is 25.2 Å². The first-order valence-electron chi connectivity index (χ1n) is 13.5. The number of aliphatic imine (C=N–C) groups is 2. The summed E-state index contributed by atoms with van der Waals surface area (Å²) in [7, 11) is 3.55. The van der Waals surface area contributed by atoms with Gasteiger partial charge in [0.25, 0.3) is 0 Å². The summed E-state index contributed by atoms with van der Waals surface area (Å²) >= 11 is 0. The Balaban J connectivity index is 1.45. The first-order chi connectivity index (χ1) is 19.5. The molecule has 216 valence electrons. The lowest BCUT2D eigenvalue weighted by atomic mass is 10.1. The van der Waals surface area contributed by atoms with Gasteiger partial charge in [-0.3, -0.25) is 19.6 Å². The van der Waals surface area contributed by atoms with Crippen molar-refractivity contribution in [1.82, 2.24) is 14.7 Å². The Morgan fingerprint density at radius 1 is 1.12 bits per heavy atom. The number of methoxy groups -OCH3 is 1. The molecule has 12 nitrogen and oxygen atoms in total. The lowest BCUT2D eigenvalue weighted by molar-refractivity contribution is -0.127. The van der Waals surface area contributed by atoms with Crippen molar-refractivity contribution in [3.8, 4) is 11.5 Å². The van der Waals surface area contributed by atoms with Gasteiger partial charge >= 0.3 is 0 Å². The Bertz CT molecular complexity index is 1200. The molecule has 12 heteroatoms. The van der Waals surface area contributed by atoms with Gasteiger partial charge < -0.3 is 33.3 Å². The summed E-state index contributed by atoms with van der Waals surface area (Å²) in [5, 5.41) is 0. The van der Waals surface area contributed by atoms with Gasteiger partial charge in [-0.05, 0) is 20.0 Å². The maximum absolute atomic E-state index is 12.7. The van der Waals surface area contributed by atoms with Crippen LogP contribution >= 0.6 is 0 Å². The SMILES string of the molecule is COCCOCCOC1=CN2C=C3CCOCC(=O)C(C)N(C)CC=NCc4ccc5c(c4N=C3N1C2)OCO5. The lowest BCUT2D eigenvalue weighted by Gasteiger charge is -2.30. The minimum absolute atomic E-state index is 0.0326. The Morgan fingerprint density at radius 3 is 2.88 bits per heavy atom. The normalized spacial score (nSPS) is 21.5. The summed E-state index contributed by atoms with van der Waals surface area (Å²) in [5.41, 5.74) is 2.54. The molecule has 0 aromatic heterocycles. The van der Waals surface area contributed by atoms with Gasteiger partial charge in [-0.25, -0.2) is 4.99 Å². The number of nitrogens with zero attached hydrogens (tertiary/aromatic N) is 5. The standard InChI is InChI=1S/C28H37N5O7/c1-20-23(34)17-37-9-6-22-15-32-16-25(38-13-12-36-11-10-35-3)33(18-32)28(22)30-26-21(14-29-7-8-31(20)2)4-5-24-27(26)40-19-39-24/h4-5,7,15-16,20H,6,8-14,17-19H2,1-3H3. The van der Waals surface area contributed by atoms with E-state index in [9.17, 15) is 4.79 Å². The largest absolute Gasteiger partial charge is 0.475 e. The van der Waals surface area contributed by atoms with Crippen LogP contribution in [0.3, 0.4) is 0 Å². The van der Waals surface area contributed by atoms with Gasteiger partial charge in [-0.1, -0.05) is 6.07 Å². The molecular weight excluding hydrogens is 518 g/mol. The maximum Gasteiger partial charge on any atom is 0.231 e. The maximum atomic E-state index is 12.7. The minimum atomic E-state index is -0.276. The number of carbonyl (C=O) groups excluding carboxylic acids is 1. The highest BCUT2D eigenvalue weighted by molar-refractivity contribution is 6.02. The fraction of sp³-hybridized carbons (Fsp3) is 0.536. The number of rotatable bonds is 7. The van der Waals surface area contributed by atoms with E-state index in [0.29, 0.717) is 82.3 Å². The molecule has 2 bridgehead atoms. The molecule has 4 aliphatic heterocycles. The third-order valence-corrected chi connectivity index (χ3v) is 7.08. The number of Topliss-reactive ketones (excluding diaryl/α,β-unsaturated/α-hetero) is 1. The van der Waals surface area contributed by atoms with E-state index in [4.69, 9.17) is 33.4 Å². The predicted octanol–water partition coefficient (Wildman–Crippen LogP) is 2.28. The number of amidine groups is 1. The predicted molar refractivity (Wildman–Crippen MR) is 148 cm³/mol. The molecule has 1 aromatic carbocycles. The van der Waals surface area contributed by atoms with Gasteiger partial charge in [-0.15, -0.1) is 0 Å². The Morgan fingerprint density at radius 2 is 2.00 bits per heavy atom. The monoisotopic (exact) mass is 555 g/mol. The second-order valence-electron chi connectivity index (χ2n) is 9.81. The number of likely N-dealkylation sites (N-methyl/N-ethyl adjacent to an activating group) is 1. The fourth-order valence-electron chi connectivity index (χ4n) is 4.62. The molecule has 1 unspecified atom stereocenters. The van der Waals surface area contributed by atoms with Crippen molar-refractivity contribution >= 4 is 23.5 Å². The molecule has 40 heavy (non-hydrogen) atoms. The second kappa shape index (κ2) is 13.3. The molecule has 1 aromatic rings. The number of fused-ring (bicyclic) bond motifs is 7. The van der Waals surface area contributed by atoms with Crippen LogP contribution in [0.1, 0.15) is 18.9 Å². The minimum Gasteiger partial charge on any atom is -0.475 e. The molecule has 0 saturated carbocycles. The molecule has 0 fully saturated rings. The van der Waals surface area contributed by atoms with Crippen molar-refractivity contribution in [2.24, 2.45) is 9.98 Å². The van der Waals surface area contributed by atoms with E-state index >= 15 is 0 Å². The smallest absolute Gasteiger partial charge is 0.231 e. The fourth-order valence-corrected chi connectivity index (χ4v) is 4.62. The van der Waals surface area contributed by atoms with Crippen LogP contribution in [0.15, 0.2) is 46.0 Å².